The number of hydrogen-bond acceptors (Lipinski definition) is 4. The number of nitro groups is 1. The Kier molecular flexibility index (Phi) is 3.26. The van der Waals surface area contributed by atoms with E-state index in [1.807, 2.05) is 13.0 Å². The maximum absolute atomic E-state index is 10.8. The van der Waals surface area contributed by atoms with E-state index in [0.717, 1.165) is 35.4 Å². The molecule has 5 heteroatoms. The smallest absolute Gasteiger partial charge is 0.270 e. The van der Waals surface area contributed by atoms with Gasteiger partial charge >= 0.3 is 0 Å². The van der Waals surface area contributed by atoms with Crippen molar-refractivity contribution in [3.63, 3.8) is 0 Å². The van der Waals surface area contributed by atoms with Crippen molar-refractivity contribution >= 4 is 22.4 Å². The van der Waals surface area contributed by atoms with Crippen LogP contribution in [0.3, 0.4) is 0 Å². The van der Waals surface area contributed by atoms with Crippen LogP contribution >= 0.6 is 0 Å². The fourth-order valence-electron chi connectivity index (χ4n) is 2.76. The van der Waals surface area contributed by atoms with Crippen molar-refractivity contribution < 1.29 is 4.92 Å². The lowest BCUT2D eigenvalue weighted by atomic mass is 10.1. The lowest BCUT2D eigenvalue weighted by Gasteiger charge is -2.28. The molecule has 3 rings (SSSR count). The summed E-state index contributed by atoms with van der Waals surface area (Å²) in [5.74, 6) is 0.989. The van der Waals surface area contributed by atoms with Crippen LogP contribution in [0.4, 0.5) is 11.5 Å². The van der Waals surface area contributed by atoms with Gasteiger partial charge in [0.15, 0.2) is 0 Å². The van der Waals surface area contributed by atoms with Gasteiger partial charge < -0.3 is 4.90 Å². The summed E-state index contributed by atoms with van der Waals surface area (Å²) in [6.45, 7) is 4.08. The van der Waals surface area contributed by atoms with Crippen LogP contribution in [0.5, 0.6) is 0 Å². The minimum absolute atomic E-state index is 0.119. The minimum atomic E-state index is -0.364. The zero-order chi connectivity index (χ0) is 14.1. The van der Waals surface area contributed by atoms with Crippen LogP contribution in [0.1, 0.15) is 24.8 Å². The van der Waals surface area contributed by atoms with Gasteiger partial charge in [-0.25, -0.2) is 4.98 Å². The molecular weight excluding hydrogens is 254 g/mol. The number of fused-ring (bicyclic) bond motifs is 1. The van der Waals surface area contributed by atoms with Gasteiger partial charge in [-0.3, -0.25) is 10.1 Å². The zero-order valence-corrected chi connectivity index (χ0v) is 11.5. The highest BCUT2D eigenvalue weighted by molar-refractivity contribution is 5.86. The second-order valence-corrected chi connectivity index (χ2v) is 5.30. The molecule has 1 aromatic carbocycles. The number of pyridine rings is 1. The number of nitrogens with zero attached hydrogens (tertiary/aromatic N) is 3. The van der Waals surface area contributed by atoms with E-state index in [1.54, 1.807) is 12.1 Å². The van der Waals surface area contributed by atoms with Gasteiger partial charge in [0, 0.05) is 30.6 Å². The summed E-state index contributed by atoms with van der Waals surface area (Å²) in [6.07, 6.45) is 3.70. The van der Waals surface area contributed by atoms with Crippen molar-refractivity contribution in [2.24, 2.45) is 0 Å². The standard InChI is InChI=1S/C15H17N3O2/c1-11-9-15(17-7-3-2-4-8-17)16-14-6-5-12(18(19)20)10-13(11)14/h5-6,9-10H,2-4,7-8H2,1H3. The highest BCUT2D eigenvalue weighted by atomic mass is 16.6. The molecule has 104 valence electrons. The molecule has 2 aromatic rings. The van der Waals surface area contributed by atoms with Crippen molar-refractivity contribution in [3.05, 3.63) is 39.9 Å². The summed E-state index contributed by atoms with van der Waals surface area (Å²) in [5.41, 5.74) is 1.99. The van der Waals surface area contributed by atoms with E-state index in [-0.39, 0.29) is 10.6 Å². The van der Waals surface area contributed by atoms with Gasteiger partial charge in [-0.15, -0.1) is 0 Å². The molecule has 0 N–H and O–H groups in total. The predicted octanol–water partition coefficient (Wildman–Crippen LogP) is 3.44. The number of piperidine rings is 1. The lowest BCUT2D eigenvalue weighted by molar-refractivity contribution is -0.384. The van der Waals surface area contributed by atoms with E-state index in [9.17, 15) is 10.1 Å². The van der Waals surface area contributed by atoms with Crippen molar-refractivity contribution in [2.75, 3.05) is 18.0 Å². The molecule has 1 saturated heterocycles. The maximum Gasteiger partial charge on any atom is 0.270 e. The first-order chi connectivity index (χ1) is 9.65. The largest absolute Gasteiger partial charge is 0.357 e. The van der Waals surface area contributed by atoms with Gasteiger partial charge in [-0.2, -0.15) is 0 Å². The van der Waals surface area contributed by atoms with Crippen molar-refractivity contribution in [1.29, 1.82) is 0 Å². The summed E-state index contributed by atoms with van der Waals surface area (Å²) in [4.78, 5) is 17.4. The highest BCUT2D eigenvalue weighted by Gasteiger charge is 2.15. The molecule has 0 spiro atoms. The summed E-state index contributed by atoms with van der Waals surface area (Å²) in [6, 6.07) is 6.91. The van der Waals surface area contributed by atoms with Gasteiger partial charge in [-0.05, 0) is 43.9 Å². The Morgan fingerprint density at radius 1 is 1.20 bits per heavy atom. The predicted molar refractivity (Wildman–Crippen MR) is 79.2 cm³/mol. The van der Waals surface area contributed by atoms with E-state index < -0.39 is 0 Å². The molecule has 0 unspecified atom stereocenters. The summed E-state index contributed by atoms with van der Waals surface area (Å²) in [5, 5.41) is 11.7. The summed E-state index contributed by atoms with van der Waals surface area (Å²) < 4.78 is 0. The Balaban J connectivity index is 2.05. The Morgan fingerprint density at radius 2 is 1.95 bits per heavy atom. The number of aryl methyl sites for hydroxylation is 1. The van der Waals surface area contributed by atoms with E-state index in [4.69, 9.17) is 0 Å². The monoisotopic (exact) mass is 271 g/mol. The molecule has 1 aliphatic heterocycles. The number of anilines is 1. The topological polar surface area (TPSA) is 59.3 Å². The molecule has 5 nitrogen and oxygen atoms in total. The molecule has 0 radical (unpaired) electrons. The molecule has 0 atom stereocenters. The number of hydrogen-bond donors (Lipinski definition) is 0. The van der Waals surface area contributed by atoms with Crippen molar-refractivity contribution in [1.82, 2.24) is 4.98 Å². The molecule has 0 aliphatic carbocycles. The third kappa shape index (κ3) is 2.31. The fourth-order valence-corrected chi connectivity index (χ4v) is 2.76. The third-order valence-electron chi connectivity index (χ3n) is 3.88. The maximum atomic E-state index is 10.8. The Bertz CT molecular complexity index is 663. The second kappa shape index (κ2) is 5.07. The van der Waals surface area contributed by atoms with Crippen LogP contribution < -0.4 is 4.90 Å². The second-order valence-electron chi connectivity index (χ2n) is 5.30. The molecule has 2 heterocycles. The number of rotatable bonds is 2. The van der Waals surface area contributed by atoms with Crippen LogP contribution in [-0.4, -0.2) is 23.0 Å². The van der Waals surface area contributed by atoms with E-state index in [1.165, 1.54) is 25.3 Å². The van der Waals surface area contributed by atoms with E-state index in [0.29, 0.717) is 0 Å². The van der Waals surface area contributed by atoms with Crippen molar-refractivity contribution in [2.45, 2.75) is 26.2 Å². The van der Waals surface area contributed by atoms with Gasteiger partial charge in [0.2, 0.25) is 0 Å². The summed E-state index contributed by atoms with van der Waals surface area (Å²) >= 11 is 0. The van der Waals surface area contributed by atoms with Gasteiger partial charge in [0.1, 0.15) is 5.82 Å². The summed E-state index contributed by atoms with van der Waals surface area (Å²) in [7, 11) is 0. The highest BCUT2D eigenvalue weighted by Crippen LogP contribution is 2.27. The van der Waals surface area contributed by atoms with Gasteiger partial charge in [0.25, 0.3) is 5.69 Å². The van der Waals surface area contributed by atoms with Crippen molar-refractivity contribution in [3.8, 4) is 0 Å². The first kappa shape index (κ1) is 12.8. The van der Waals surface area contributed by atoms with Crippen LogP contribution in [0.2, 0.25) is 0 Å². The molecule has 0 amide bonds. The number of aromatic nitrogens is 1. The quantitative estimate of drug-likeness (QED) is 0.620. The average Bonchev–Trinajstić information content (AvgIpc) is 2.47. The Hall–Kier alpha value is -2.17. The normalized spacial score (nSPS) is 15.6. The molecule has 1 aliphatic rings. The van der Waals surface area contributed by atoms with Gasteiger partial charge in [-0.1, -0.05) is 0 Å². The van der Waals surface area contributed by atoms with Crippen LogP contribution in [0.25, 0.3) is 10.9 Å². The SMILES string of the molecule is Cc1cc(N2CCCCC2)nc2ccc([N+](=O)[O-])cc12. The Morgan fingerprint density at radius 3 is 2.65 bits per heavy atom. The van der Waals surface area contributed by atoms with Crippen LogP contribution in [0, 0.1) is 17.0 Å². The minimum Gasteiger partial charge on any atom is -0.357 e. The first-order valence-electron chi connectivity index (χ1n) is 6.96. The van der Waals surface area contributed by atoms with Crippen LogP contribution in [-0.2, 0) is 0 Å². The number of nitro benzene ring substituents is 1. The molecule has 0 saturated carbocycles. The zero-order valence-electron chi connectivity index (χ0n) is 11.5. The van der Waals surface area contributed by atoms with E-state index in [2.05, 4.69) is 9.88 Å². The molecule has 1 fully saturated rings. The fraction of sp³-hybridized carbons (Fsp3) is 0.400. The lowest BCUT2D eigenvalue weighted by Crippen LogP contribution is -2.30. The Labute approximate surface area is 117 Å². The van der Waals surface area contributed by atoms with Crippen LogP contribution in [0.15, 0.2) is 24.3 Å². The van der Waals surface area contributed by atoms with Gasteiger partial charge in [0.05, 0.1) is 10.4 Å². The first-order valence-corrected chi connectivity index (χ1v) is 6.96. The average molecular weight is 271 g/mol. The molecule has 0 bridgehead atoms. The molecule has 1 aromatic heterocycles. The molecule has 20 heavy (non-hydrogen) atoms. The third-order valence-corrected chi connectivity index (χ3v) is 3.88. The number of benzene rings is 1. The number of non-ortho nitro benzene ring substituents is 1. The molecular formula is C15H17N3O2. The van der Waals surface area contributed by atoms with E-state index >= 15 is 0 Å².